The van der Waals surface area contributed by atoms with Crippen molar-refractivity contribution in [3.05, 3.63) is 48.4 Å². The lowest BCUT2D eigenvalue weighted by atomic mass is 10.1. The minimum absolute atomic E-state index is 0.0571. The van der Waals surface area contributed by atoms with Crippen LogP contribution in [0.1, 0.15) is 26.0 Å². The zero-order valence-corrected chi connectivity index (χ0v) is 15.4. The van der Waals surface area contributed by atoms with Crippen LogP contribution in [0.5, 0.6) is 0 Å². The van der Waals surface area contributed by atoms with E-state index < -0.39 is 5.92 Å². The molecule has 27 heavy (non-hydrogen) atoms. The number of furan rings is 1. The number of hydrogen-bond donors (Lipinski definition) is 2. The Morgan fingerprint density at radius 3 is 2.41 bits per heavy atom. The van der Waals surface area contributed by atoms with Crippen molar-refractivity contribution >= 4 is 29.1 Å². The van der Waals surface area contributed by atoms with Crippen molar-refractivity contribution in [1.82, 2.24) is 4.90 Å². The topological polar surface area (TPSA) is 91.7 Å². The molecular formula is C20H23N3O4. The summed E-state index contributed by atoms with van der Waals surface area (Å²) < 4.78 is 5.26. The van der Waals surface area contributed by atoms with Crippen LogP contribution in [0.15, 0.2) is 47.1 Å². The molecule has 1 aromatic carbocycles. The molecule has 0 unspecified atom stereocenters. The van der Waals surface area contributed by atoms with Gasteiger partial charge in [0.15, 0.2) is 0 Å². The van der Waals surface area contributed by atoms with Crippen LogP contribution < -0.4 is 10.6 Å². The van der Waals surface area contributed by atoms with Gasteiger partial charge in [0, 0.05) is 30.3 Å². The SMILES string of the molecule is CC(C)C(=O)Nc1ccc(NC(=O)[C@H]2CC(=O)N(Cc3ccco3)C2)cc1. The lowest BCUT2D eigenvalue weighted by Crippen LogP contribution is -2.27. The first-order valence-corrected chi connectivity index (χ1v) is 8.94. The predicted molar refractivity (Wildman–Crippen MR) is 101 cm³/mol. The minimum Gasteiger partial charge on any atom is -0.467 e. The monoisotopic (exact) mass is 369 g/mol. The Kier molecular flexibility index (Phi) is 5.59. The van der Waals surface area contributed by atoms with Crippen molar-refractivity contribution in [3.63, 3.8) is 0 Å². The summed E-state index contributed by atoms with van der Waals surface area (Å²) in [6.45, 7) is 4.39. The molecule has 0 aliphatic carbocycles. The van der Waals surface area contributed by atoms with Gasteiger partial charge >= 0.3 is 0 Å². The standard InChI is InChI=1S/C20H23N3O4/c1-13(2)19(25)21-15-5-7-16(8-6-15)22-20(26)14-10-18(24)23(11-14)12-17-4-3-9-27-17/h3-9,13-14H,10-12H2,1-2H3,(H,21,25)(H,22,26)/t14-/m0/s1. The summed E-state index contributed by atoms with van der Waals surface area (Å²) in [5, 5.41) is 5.63. The van der Waals surface area contributed by atoms with Gasteiger partial charge in [0.05, 0.1) is 18.7 Å². The van der Waals surface area contributed by atoms with Gasteiger partial charge in [-0.25, -0.2) is 0 Å². The third kappa shape index (κ3) is 4.75. The van der Waals surface area contributed by atoms with Crippen LogP contribution in [0.25, 0.3) is 0 Å². The quantitative estimate of drug-likeness (QED) is 0.819. The maximum atomic E-state index is 12.5. The molecule has 3 rings (SSSR count). The first-order chi connectivity index (χ1) is 12.9. The molecule has 1 fully saturated rings. The zero-order valence-electron chi connectivity index (χ0n) is 15.4. The first kappa shape index (κ1) is 18.7. The number of hydrogen-bond acceptors (Lipinski definition) is 4. The van der Waals surface area contributed by atoms with E-state index in [9.17, 15) is 14.4 Å². The van der Waals surface area contributed by atoms with Gasteiger partial charge in [-0.1, -0.05) is 13.8 Å². The van der Waals surface area contributed by atoms with Crippen LogP contribution in [0, 0.1) is 11.8 Å². The average Bonchev–Trinajstić information content (AvgIpc) is 3.27. The molecule has 2 N–H and O–H groups in total. The van der Waals surface area contributed by atoms with Gasteiger partial charge in [0.2, 0.25) is 17.7 Å². The second-order valence-electron chi connectivity index (χ2n) is 6.97. The van der Waals surface area contributed by atoms with Crippen LogP contribution in [0.2, 0.25) is 0 Å². The minimum atomic E-state index is -0.396. The lowest BCUT2D eigenvalue weighted by molar-refractivity contribution is -0.128. The van der Waals surface area contributed by atoms with E-state index in [1.807, 2.05) is 13.8 Å². The Labute approximate surface area is 157 Å². The Morgan fingerprint density at radius 2 is 1.81 bits per heavy atom. The number of amides is 3. The van der Waals surface area contributed by atoms with Gasteiger partial charge in [-0.3, -0.25) is 14.4 Å². The molecule has 0 saturated carbocycles. The van der Waals surface area contributed by atoms with E-state index in [1.165, 1.54) is 0 Å². The molecule has 2 aromatic rings. The number of carbonyl (C=O) groups is 3. The molecule has 7 nitrogen and oxygen atoms in total. The molecule has 1 aliphatic heterocycles. The highest BCUT2D eigenvalue weighted by Gasteiger charge is 2.34. The van der Waals surface area contributed by atoms with Crippen LogP contribution in [0.3, 0.4) is 0 Å². The molecular weight excluding hydrogens is 346 g/mol. The highest BCUT2D eigenvalue weighted by Crippen LogP contribution is 2.22. The molecule has 142 valence electrons. The van der Waals surface area contributed by atoms with Crippen molar-refractivity contribution in [1.29, 1.82) is 0 Å². The van der Waals surface area contributed by atoms with Gasteiger partial charge in [0.1, 0.15) is 5.76 Å². The maximum Gasteiger partial charge on any atom is 0.229 e. The molecule has 0 bridgehead atoms. The van der Waals surface area contributed by atoms with Gasteiger partial charge in [0.25, 0.3) is 0 Å². The average molecular weight is 369 g/mol. The maximum absolute atomic E-state index is 12.5. The number of nitrogens with zero attached hydrogens (tertiary/aromatic N) is 1. The summed E-state index contributed by atoms with van der Waals surface area (Å²) in [6.07, 6.45) is 1.75. The summed E-state index contributed by atoms with van der Waals surface area (Å²) in [7, 11) is 0. The van der Waals surface area contributed by atoms with Crippen molar-refractivity contribution in [2.45, 2.75) is 26.8 Å². The largest absolute Gasteiger partial charge is 0.467 e. The fraction of sp³-hybridized carbons (Fsp3) is 0.350. The number of anilines is 2. The van der Waals surface area contributed by atoms with Crippen molar-refractivity contribution in [3.8, 4) is 0 Å². The number of carbonyl (C=O) groups excluding carboxylic acids is 3. The summed E-state index contributed by atoms with van der Waals surface area (Å²) >= 11 is 0. The molecule has 2 heterocycles. The summed E-state index contributed by atoms with van der Waals surface area (Å²) in [5.74, 6) is -0.111. The van der Waals surface area contributed by atoms with Gasteiger partial charge in [-0.05, 0) is 36.4 Å². The normalized spacial score (nSPS) is 16.6. The van der Waals surface area contributed by atoms with Crippen LogP contribution in [-0.4, -0.2) is 29.2 Å². The zero-order chi connectivity index (χ0) is 19.4. The van der Waals surface area contributed by atoms with Crippen molar-refractivity contribution in [2.24, 2.45) is 11.8 Å². The van der Waals surface area contributed by atoms with Crippen LogP contribution in [0.4, 0.5) is 11.4 Å². The van der Waals surface area contributed by atoms with Crippen molar-refractivity contribution < 1.29 is 18.8 Å². The van der Waals surface area contributed by atoms with Crippen LogP contribution in [-0.2, 0) is 20.9 Å². The molecule has 0 spiro atoms. The van der Waals surface area contributed by atoms with Gasteiger partial charge in [-0.15, -0.1) is 0 Å². The molecule has 0 radical (unpaired) electrons. The van der Waals surface area contributed by atoms with Crippen LogP contribution >= 0.6 is 0 Å². The van der Waals surface area contributed by atoms with Gasteiger partial charge in [-0.2, -0.15) is 0 Å². The highest BCUT2D eigenvalue weighted by molar-refractivity contribution is 5.97. The van der Waals surface area contributed by atoms with E-state index in [1.54, 1.807) is 47.6 Å². The number of likely N-dealkylation sites (tertiary alicyclic amines) is 1. The number of nitrogens with one attached hydrogen (secondary N) is 2. The van der Waals surface area contributed by atoms with E-state index in [-0.39, 0.29) is 30.1 Å². The second-order valence-corrected chi connectivity index (χ2v) is 6.97. The third-order valence-electron chi connectivity index (χ3n) is 4.46. The van der Waals surface area contributed by atoms with E-state index in [0.29, 0.717) is 30.2 Å². The van der Waals surface area contributed by atoms with E-state index in [0.717, 1.165) is 0 Å². The Hall–Kier alpha value is -3.09. The molecule has 1 aliphatic rings. The first-order valence-electron chi connectivity index (χ1n) is 8.94. The van der Waals surface area contributed by atoms with Gasteiger partial charge < -0.3 is 20.0 Å². The molecule has 7 heteroatoms. The fourth-order valence-electron chi connectivity index (χ4n) is 2.86. The Bertz CT molecular complexity index is 812. The van der Waals surface area contributed by atoms with E-state index in [4.69, 9.17) is 4.42 Å². The molecule has 1 saturated heterocycles. The highest BCUT2D eigenvalue weighted by atomic mass is 16.3. The summed E-state index contributed by atoms with van der Waals surface area (Å²) in [6, 6.07) is 10.5. The van der Waals surface area contributed by atoms with E-state index >= 15 is 0 Å². The Balaban J connectivity index is 1.54. The summed E-state index contributed by atoms with van der Waals surface area (Å²) in [5.41, 5.74) is 1.30. The predicted octanol–water partition coefficient (Wildman–Crippen LogP) is 2.86. The number of rotatable bonds is 6. The van der Waals surface area contributed by atoms with E-state index in [2.05, 4.69) is 10.6 Å². The van der Waals surface area contributed by atoms with Crippen molar-refractivity contribution in [2.75, 3.05) is 17.2 Å². The molecule has 1 aromatic heterocycles. The molecule has 3 amide bonds. The third-order valence-corrected chi connectivity index (χ3v) is 4.46. The number of benzene rings is 1. The smallest absolute Gasteiger partial charge is 0.229 e. The Morgan fingerprint density at radius 1 is 1.15 bits per heavy atom. The fourth-order valence-corrected chi connectivity index (χ4v) is 2.86. The summed E-state index contributed by atoms with van der Waals surface area (Å²) in [4.78, 5) is 37.9. The lowest BCUT2D eigenvalue weighted by Gasteiger charge is -2.15. The second kappa shape index (κ2) is 8.07. The molecule has 1 atom stereocenters.